The van der Waals surface area contributed by atoms with Crippen LogP contribution >= 0.6 is 0 Å². The van der Waals surface area contributed by atoms with Gasteiger partial charge in [-0.3, -0.25) is 0 Å². The zero-order valence-corrected chi connectivity index (χ0v) is 16.4. The van der Waals surface area contributed by atoms with Crippen molar-refractivity contribution < 1.29 is 13.9 Å². The Bertz CT molecular complexity index is 1470. The summed E-state index contributed by atoms with van der Waals surface area (Å²) in [7, 11) is 0. The number of fused-ring (bicyclic) bond motifs is 4. The van der Waals surface area contributed by atoms with Crippen LogP contribution in [-0.2, 0) is 15.1 Å². The molecule has 5 aromatic rings. The van der Waals surface area contributed by atoms with Crippen LogP contribution in [0.5, 0.6) is 0 Å². The van der Waals surface area contributed by atoms with Crippen LogP contribution in [0.15, 0.2) is 95.4 Å². The molecule has 1 aliphatic rings. The number of rotatable bonds is 3. The number of benzene rings is 4. The Balaban J connectivity index is 1.82. The van der Waals surface area contributed by atoms with E-state index in [1.165, 1.54) is 0 Å². The summed E-state index contributed by atoms with van der Waals surface area (Å²) in [4.78, 5) is 13.0. The van der Waals surface area contributed by atoms with Crippen LogP contribution in [-0.4, -0.2) is 5.97 Å². The lowest BCUT2D eigenvalue weighted by Crippen LogP contribution is -2.37. The summed E-state index contributed by atoms with van der Waals surface area (Å²) in [5.74, 6) is -0.431. The minimum atomic E-state index is -1.12. The van der Waals surface area contributed by atoms with E-state index in [9.17, 15) is 4.79 Å². The Hall–Kier alpha value is -3.85. The van der Waals surface area contributed by atoms with Gasteiger partial charge in [-0.05, 0) is 47.0 Å². The summed E-state index contributed by atoms with van der Waals surface area (Å²) in [5.41, 5.74) is 5.60. The summed E-state index contributed by atoms with van der Waals surface area (Å²) in [5, 5.41) is 2.19. The first-order valence-electron chi connectivity index (χ1n) is 9.93. The first-order valence-corrected chi connectivity index (χ1v) is 9.93. The first kappa shape index (κ1) is 17.0. The third-order valence-corrected chi connectivity index (χ3v) is 6.03. The summed E-state index contributed by atoms with van der Waals surface area (Å²) in [6.07, 6.45) is 0. The highest BCUT2D eigenvalue weighted by Gasteiger charge is 2.48. The van der Waals surface area contributed by atoms with Crippen molar-refractivity contribution in [3.05, 3.63) is 108 Å². The van der Waals surface area contributed by atoms with Crippen molar-refractivity contribution in [2.75, 3.05) is 0 Å². The highest BCUT2D eigenvalue weighted by Crippen LogP contribution is 2.54. The molecule has 0 N–H and O–H groups in total. The molecule has 6 rings (SSSR count). The van der Waals surface area contributed by atoms with Crippen molar-refractivity contribution in [1.82, 2.24) is 0 Å². The highest BCUT2D eigenvalue weighted by atomic mass is 16.6. The zero-order valence-electron chi connectivity index (χ0n) is 16.4. The topological polar surface area (TPSA) is 39.4 Å². The number of esters is 1. The van der Waals surface area contributed by atoms with E-state index in [4.69, 9.17) is 9.15 Å². The summed E-state index contributed by atoms with van der Waals surface area (Å²) in [6, 6.07) is 26.4. The SMILES string of the molecule is C=C(C)C(=O)OC1(c2cc3ccc2o3)c2ccccc2-c2cccc3cccc1c23. The molecule has 0 saturated heterocycles. The lowest BCUT2D eigenvalue weighted by Gasteiger charge is -2.39. The molecule has 1 atom stereocenters. The molecule has 144 valence electrons. The van der Waals surface area contributed by atoms with Crippen LogP contribution in [0.3, 0.4) is 0 Å². The number of carbonyl (C=O) groups is 1. The van der Waals surface area contributed by atoms with Crippen molar-refractivity contribution in [3.63, 3.8) is 0 Å². The monoisotopic (exact) mass is 390 g/mol. The molecule has 2 heterocycles. The average Bonchev–Trinajstić information content (AvgIpc) is 3.40. The second-order valence-electron chi connectivity index (χ2n) is 7.87. The second kappa shape index (κ2) is 5.83. The van der Waals surface area contributed by atoms with E-state index in [0.29, 0.717) is 11.2 Å². The van der Waals surface area contributed by atoms with Gasteiger partial charge in [0.15, 0.2) is 5.60 Å². The van der Waals surface area contributed by atoms with Crippen molar-refractivity contribution in [2.24, 2.45) is 0 Å². The molecule has 0 amide bonds. The fourth-order valence-corrected chi connectivity index (χ4v) is 4.77. The number of hydrogen-bond acceptors (Lipinski definition) is 3. The van der Waals surface area contributed by atoms with Gasteiger partial charge in [-0.15, -0.1) is 0 Å². The number of hydrogen-bond donors (Lipinski definition) is 0. The molecule has 0 fully saturated rings. The smallest absolute Gasteiger partial charge is 0.334 e. The maximum Gasteiger partial charge on any atom is 0.334 e. The van der Waals surface area contributed by atoms with Gasteiger partial charge >= 0.3 is 5.97 Å². The standard InChI is InChI=1S/C27H18O3/c1-16(2)26(28)30-27(23-15-18-13-14-24(23)29-18)21-11-4-3-9-19(21)20-10-5-7-17-8-6-12-22(27)25(17)20/h3-15H,1H2,2H3. The highest BCUT2D eigenvalue weighted by molar-refractivity contribution is 6.04. The van der Waals surface area contributed by atoms with Gasteiger partial charge in [0.25, 0.3) is 0 Å². The fraction of sp³-hybridized carbons (Fsp3) is 0.0741. The van der Waals surface area contributed by atoms with Gasteiger partial charge in [-0.2, -0.15) is 0 Å². The quantitative estimate of drug-likeness (QED) is 0.264. The molecular weight excluding hydrogens is 372 g/mol. The van der Waals surface area contributed by atoms with Crippen LogP contribution in [0.25, 0.3) is 33.1 Å². The van der Waals surface area contributed by atoms with Gasteiger partial charge < -0.3 is 9.15 Å². The normalized spacial score (nSPS) is 17.2. The molecule has 2 bridgehead atoms. The Labute approximate surface area is 173 Å². The van der Waals surface area contributed by atoms with Crippen LogP contribution in [0.4, 0.5) is 0 Å². The Kier molecular flexibility index (Phi) is 3.31. The third-order valence-electron chi connectivity index (χ3n) is 6.03. The van der Waals surface area contributed by atoms with Crippen LogP contribution in [0.1, 0.15) is 23.6 Å². The molecule has 2 aromatic heterocycles. The third kappa shape index (κ3) is 2.07. The number of carbonyl (C=O) groups excluding carboxylic acids is 1. The van der Waals surface area contributed by atoms with Gasteiger partial charge in [-0.25, -0.2) is 4.79 Å². The van der Waals surface area contributed by atoms with Crippen molar-refractivity contribution in [2.45, 2.75) is 12.5 Å². The maximum atomic E-state index is 13.0. The Morgan fingerprint density at radius 3 is 2.33 bits per heavy atom. The van der Waals surface area contributed by atoms with Gasteiger partial charge in [0.1, 0.15) is 11.2 Å². The van der Waals surface area contributed by atoms with E-state index < -0.39 is 11.6 Å². The minimum absolute atomic E-state index is 0.357. The predicted molar refractivity (Wildman–Crippen MR) is 118 cm³/mol. The first-order chi connectivity index (χ1) is 14.6. The van der Waals surface area contributed by atoms with Crippen LogP contribution < -0.4 is 0 Å². The molecule has 1 unspecified atom stereocenters. The van der Waals surface area contributed by atoms with E-state index in [1.807, 2.05) is 42.5 Å². The molecule has 0 saturated carbocycles. The van der Waals surface area contributed by atoms with E-state index in [0.717, 1.165) is 44.2 Å². The van der Waals surface area contributed by atoms with Gasteiger partial charge in [0.05, 0.1) is 5.56 Å². The minimum Gasteiger partial charge on any atom is -0.457 e. The zero-order chi connectivity index (χ0) is 20.5. The molecule has 30 heavy (non-hydrogen) atoms. The van der Waals surface area contributed by atoms with Crippen LogP contribution in [0, 0.1) is 0 Å². The summed E-state index contributed by atoms with van der Waals surface area (Å²) >= 11 is 0. The molecule has 3 heteroatoms. The van der Waals surface area contributed by atoms with Gasteiger partial charge in [0.2, 0.25) is 0 Å². The fourth-order valence-electron chi connectivity index (χ4n) is 4.77. The molecule has 3 nitrogen and oxygen atoms in total. The van der Waals surface area contributed by atoms with Gasteiger partial charge in [0, 0.05) is 16.7 Å². The molecule has 0 radical (unpaired) electrons. The van der Waals surface area contributed by atoms with E-state index in [-0.39, 0.29) is 0 Å². The molecule has 1 aliphatic carbocycles. The van der Waals surface area contributed by atoms with E-state index in [1.54, 1.807) is 6.92 Å². The van der Waals surface area contributed by atoms with Crippen molar-refractivity contribution in [1.29, 1.82) is 0 Å². The van der Waals surface area contributed by atoms with E-state index >= 15 is 0 Å². The van der Waals surface area contributed by atoms with Crippen LogP contribution in [0.2, 0.25) is 0 Å². The predicted octanol–water partition coefficient (Wildman–Crippen LogP) is 6.42. The van der Waals surface area contributed by atoms with Crippen molar-refractivity contribution >= 4 is 27.9 Å². The summed E-state index contributed by atoms with van der Waals surface area (Å²) < 4.78 is 12.3. The Morgan fingerprint density at radius 1 is 0.867 bits per heavy atom. The largest absolute Gasteiger partial charge is 0.457 e. The van der Waals surface area contributed by atoms with E-state index in [2.05, 4.69) is 43.0 Å². The number of ether oxygens (including phenoxy) is 1. The molecular formula is C27H18O3. The molecule has 0 aliphatic heterocycles. The lowest BCUT2D eigenvalue weighted by atomic mass is 9.70. The molecule has 3 aromatic carbocycles. The lowest BCUT2D eigenvalue weighted by molar-refractivity contribution is -0.148. The maximum absolute atomic E-state index is 13.0. The van der Waals surface area contributed by atoms with Gasteiger partial charge in [-0.1, -0.05) is 67.2 Å². The second-order valence-corrected chi connectivity index (χ2v) is 7.87. The van der Waals surface area contributed by atoms with Crippen molar-refractivity contribution in [3.8, 4) is 11.1 Å². The Morgan fingerprint density at radius 2 is 1.60 bits per heavy atom. The molecule has 0 spiro atoms. The number of furan rings is 2. The average molecular weight is 390 g/mol. The summed E-state index contributed by atoms with van der Waals surface area (Å²) in [6.45, 7) is 5.50.